The molecule has 1 aliphatic carbocycles. The normalized spacial score (nSPS) is 22.1. The average Bonchev–Trinajstić information content (AvgIpc) is 2.91. The van der Waals surface area contributed by atoms with Crippen molar-refractivity contribution in [3.05, 3.63) is 35.4 Å². The molecule has 2 nitrogen and oxygen atoms in total. The molecule has 14 heavy (non-hydrogen) atoms. The first kappa shape index (κ1) is 8.06. The van der Waals surface area contributed by atoms with E-state index >= 15 is 0 Å². The average molecular weight is 188 g/mol. The van der Waals surface area contributed by atoms with Crippen LogP contribution in [-0.2, 0) is 11.2 Å². The molecule has 1 heterocycles. The van der Waals surface area contributed by atoms with Crippen LogP contribution in [0.15, 0.2) is 24.3 Å². The minimum Gasteiger partial charge on any atom is -0.490 e. The predicted molar refractivity (Wildman–Crippen MR) is 54.4 cm³/mol. The molecule has 72 valence electrons. The Bertz CT molecular complexity index is 378. The number of allylic oxidation sites excluding steroid dienone is 1. The van der Waals surface area contributed by atoms with Gasteiger partial charge in [0.1, 0.15) is 18.5 Å². The third-order valence-corrected chi connectivity index (χ3v) is 2.62. The quantitative estimate of drug-likeness (QED) is 0.677. The van der Waals surface area contributed by atoms with Gasteiger partial charge in [0.2, 0.25) is 0 Å². The molecule has 0 aromatic heterocycles. The third-order valence-electron chi connectivity index (χ3n) is 2.62. The number of epoxide rings is 1. The zero-order chi connectivity index (χ0) is 9.38. The predicted octanol–water partition coefficient (Wildman–Crippen LogP) is 2.03. The second kappa shape index (κ2) is 3.14. The lowest BCUT2D eigenvalue weighted by Crippen LogP contribution is -2.05. The van der Waals surface area contributed by atoms with Crippen LogP contribution in [-0.4, -0.2) is 19.3 Å². The van der Waals surface area contributed by atoms with Crippen molar-refractivity contribution in [3.63, 3.8) is 0 Å². The Hall–Kier alpha value is -1.28. The third kappa shape index (κ3) is 1.42. The van der Waals surface area contributed by atoms with Gasteiger partial charge in [0, 0.05) is 5.56 Å². The molecule has 0 amide bonds. The Kier molecular flexibility index (Phi) is 1.81. The summed E-state index contributed by atoms with van der Waals surface area (Å²) in [4.78, 5) is 0. The lowest BCUT2D eigenvalue weighted by Gasteiger charge is -2.09. The fourth-order valence-corrected chi connectivity index (χ4v) is 1.74. The van der Waals surface area contributed by atoms with Gasteiger partial charge in [0.15, 0.2) is 0 Å². The Morgan fingerprint density at radius 2 is 2.36 bits per heavy atom. The molecule has 1 aromatic carbocycles. The summed E-state index contributed by atoms with van der Waals surface area (Å²) in [6, 6.07) is 6.20. The molecular weight excluding hydrogens is 176 g/mol. The van der Waals surface area contributed by atoms with Gasteiger partial charge in [-0.05, 0) is 18.1 Å². The van der Waals surface area contributed by atoms with Gasteiger partial charge in [-0.15, -0.1) is 0 Å². The number of hydrogen-bond acceptors (Lipinski definition) is 2. The van der Waals surface area contributed by atoms with Crippen molar-refractivity contribution in [2.45, 2.75) is 12.5 Å². The van der Waals surface area contributed by atoms with Crippen molar-refractivity contribution < 1.29 is 9.47 Å². The van der Waals surface area contributed by atoms with Crippen LogP contribution in [0.25, 0.3) is 6.08 Å². The van der Waals surface area contributed by atoms with Crippen LogP contribution in [0.4, 0.5) is 0 Å². The van der Waals surface area contributed by atoms with E-state index in [0.717, 1.165) is 18.8 Å². The molecule has 2 heteroatoms. The molecule has 1 saturated heterocycles. The van der Waals surface area contributed by atoms with Crippen LogP contribution in [0.5, 0.6) is 5.75 Å². The fourth-order valence-electron chi connectivity index (χ4n) is 1.74. The van der Waals surface area contributed by atoms with Gasteiger partial charge in [-0.1, -0.05) is 24.3 Å². The Labute approximate surface area is 83.1 Å². The summed E-state index contributed by atoms with van der Waals surface area (Å²) in [7, 11) is 0. The summed E-state index contributed by atoms with van der Waals surface area (Å²) in [5.41, 5.74) is 2.60. The van der Waals surface area contributed by atoms with Crippen LogP contribution < -0.4 is 4.74 Å². The molecule has 1 aliphatic heterocycles. The van der Waals surface area contributed by atoms with E-state index in [1.165, 1.54) is 11.1 Å². The summed E-state index contributed by atoms with van der Waals surface area (Å²) in [6.07, 6.45) is 5.65. The maximum absolute atomic E-state index is 5.71. The van der Waals surface area contributed by atoms with Crippen LogP contribution >= 0.6 is 0 Å². The molecule has 0 bridgehead atoms. The summed E-state index contributed by atoms with van der Waals surface area (Å²) in [6.45, 7) is 1.55. The second-order valence-corrected chi connectivity index (χ2v) is 3.70. The number of fused-ring (bicyclic) bond motifs is 1. The molecule has 1 atom stereocenters. The number of hydrogen-bond donors (Lipinski definition) is 0. The molecule has 0 N–H and O–H groups in total. The van der Waals surface area contributed by atoms with Crippen molar-refractivity contribution in [1.29, 1.82) is 0 Å². The van der Waals surface area contributed by atoms with Crippen molar-refractivity contribution in [2.75, 3.05) is 13.2 Å². The maximum atomic E-state index is 5.71. The highest BCUT2D eigenvalue weighted by molar-refractivity contribution is 5.63. The lowest BCUT2D eigenvalue weighted by atomic mass is 10.1. The van der Waals surface area contributed by atoms with Gasteiger partial charge in [-0.3, -0.25) is 0 Å². The molecule has 2 aliphatic rings. The summed E-state index contributed by atoms with van der Waals surface area (Å²) < 4.78 is 10.8. The zero-order valence-corrected chi connectivity index (χ0v) is 7.90. The Morgan fingerprint density at radius 3 is 3.21 bits per heavy atom. The highest BCUT2D eigenvalue weighted by atomic mass is 16.6. The Morgan fingerprint density at radius 1 is 1.43 bits per heavy atom. The van der Waals surface area contributed by atoms with E-state index in [1.807, 2.05) is 12.1 Å². The van der Waals surface area contributed by atoms with Crippen molar-refractivity contribution in [3.8, 4) is 5.75 Å². The maximum Gasteiger partial charge on any atom is 0.123 e. The smallest absolute Gasteiger partial charge is 0.123 e. The molecular formula is C12H12O2. The lowest BCUT2D eigenvalue weighted by molar-refractivity contribution is 0.261. The molecule has 0 saturated carbocycles. The van der Waals surface area contributed by atoms with Gasteiger partial charge in [0.05, 0.1) is 6.61 Å². The van der Waals surface area contributed by atoms with Gasteiger partial charge in [-0.25, -0.2) is 0 Å². The van der Waals surface area contributed by atoms with E-state index < -0.39 is 0 Å². The van der Waals surface area contributed by atoms with E-state index in [2.05, 4.69) is 18.2 Å². The summed E-state index contributed by atoms with van der Waals surface area (Å²) in [5, 5.41) is 0. The minimum atomic E-state index is 0.334. The summed E-state index contributed by atoms with van der Waals surface area (Å²) >= 11 is 0. The standard InChI is InChI=1S/C12H12O2/c1-3-9-4-2-6-12(11(9)5-1)14-8-10-7-13-10/h1-4,6,10H,5,7-8H2. The van der Waals surface area contributed by atoms with Gasteiger partial charge < -0.3 is 9.47 Å². The van der Waals surface area contributed by atoms with E-state index in [-0.39, 0.29) is 0 Å². The highest BCUT2D eigenvalue weighted by Gasteiger charge is 2.23. The molecule has 1 fully saturated rings. The van der Waals surface area contributed by atoms with Crippen LogP contribution in [0.1, 0.15) is 11.1 Å². The van der Waals surface area contributed by atoms with Gasteiger partial charge in [0.25, 0.3) is 0 Å². The zero-order valence-electron chi connectivity index (χ0n) is 7.90. The SMILES string of the molecule is C1=Cc2cccc(OCC3CO3)c2C1. The first-order valence-corrected chi connectivity index (χ1v) is 4.96. The van der Waals surface area contributed by atoms with Crippen LogP contribution in [0, 0.1) is 0 Å². The minimum absolute atomic E-state index is 0.334. The largest absolute Gasteiger partial charge is 0.490 e. The van der Waals surface area contributed by atoms with E-state index in [4.69, 9.17) is 9.47 Å². The van der Waals surface area contributed by atoms with Crippen molar-refractivity contribution in [2.24, 2.45) is 0 Å². The highest BCUT2D eigenvalue weighted by Crippen LogP contribution is 2.29. The van der Waals surface area contributed by atoms with Gasteiger partial charge in [-0.2, -0.15) is 0 Å². The second-order valence-electron chi connectivity index (χ2n) is 3.70. The number of benzene rings is 1. The summed E-state index contributed by atoms with van der Waals surface area (Å²) in [5.74, 6) is 1.02. The molecule has 1 aromatic rings. The molecule has 0 spiro atoms. The van der Waals surface area contributed by atoms with E-state index in [1.54, 1.807) is 0 Å². The topological polar surface area (TPSA) is 21.8 Å². The van der Waals surface area contributed by atoms with Crippen LogP contribution in [0.3, 0.4) is 0 Å². The fraction of sp³-hybridized carbons (Fsp3) is 0.333. The van der Waals surface area contributed by atoms with Crippen LogP contribution in [0.2, 0.25) is 0 Å². The van der Waals surface area contributed by atoms with E-state index in [0.29, 0.717) is 12.7 Å². The number of ether oxygens (including phenoxy) is 2. The molecule has 3 rings (SSSR count). The Balaban J connectivity index is 1.80. The first-order valence-electron chi connectivity index (χ1n) is 4.96. The van der Waals surface area contributed by atoms with E-state index in [9.17, 15) is 0 Å². The molecule has 1 unspecified atom stereocenters. The first-order chi connectivity index (χ1) is 6.93. The monoisotopic (exact) mass is 188 g/mol. The van der Waals surface area contributed by atoms with Crippen molar-refractivity contribution in [1.82, 2.24) is 0 Å². The van der Waals surface area contributed by atoms with Crippen molar-refractivity contribution >= 4 is 6.08 Å². The van der Waals surface area contributed by atoms with Gasteiger partial charge >= 0.3 is 0 Å². The number of rotatable bonds is 3. The molecule has 0 radical (unpaired) electrons.